The number of anilines is 1. The molecule has 1 saturated heterocycles. The molecule has 106 valence electrons. The first kappa shape index (κ1) is 14.4. The van der Waals surface area contributed by atoms with Gasteiger partial charge in [-0.15, -0.1) is 11.8 Å². The van der Waals surface area contributed by atoms with E-state index in [0.717, 1.165) is 6.42 Å². The number of halogens is 3. The first-order valence-corrected chi connectivity index (χ1v) is 6.70. The lowest BCUT2D eigenvalue weighted by Gasteiger charge is -2.14. The van der Waals surface area contributed by atoms with Crippen molar-refractivity contribution in [1.29, 1.82) is 0 Å². The molecular weight excluding hydrogens is 279 g/mol. The van der Waals surface area contributed by atoms with Crippen LogP contribution in [0.3, 0.4) is 0 Å². The van der Waals surface area contributed by atoms with Crippen LogP contribution < -0.4 is 5.32 Å². The molecule has 2 atom stereocenters. The van der Waals surface area contributed by atoms with Gasteiger partial charge in [0, 0.05) is 25.0 Å². The van der Waals surface area contributed by atoms with E-state index in [-0.39, 0.29) is 17.2 Å². The molecule has 0 aliphatic carbocycles. The number of aromatic nitrogens is 2. The minimum atomic E-state index is -4.54. The van der Waals surface area contributed by atoms with Crippen molar-refractivity contribution in [1.82, 2.24) is 9.97 Å². The molecule has 0 bridgehead atoms. The second-order valence-electron chi connectivity index (χ2n) is 4.18. The van der Waals surface area contributed by atoms with Crippen molar-refractivity contribution in [3.63, 3.8) is 0 Å². The lowest BCUT2D eigenvalue weighted by atomic mass is 10.3. The SMILES string of the molecule is CNc1cc(SC2CCOC2C)nc(C(F)(F)F)n1. The molecule has 0 saturated carbocycles. The summed E-state index contributed by atoms with van der Waals surface area (Å²) < 4.78 is 43.5. The predicted octanol–water partition coefficient (Wildman–Crippen LogP) is 2.81. The van der Waals surface area contributed by atoms with E-state index in [1.165, 1.54) is 24.9 Å². The molecule has 0 spiro atoms. The second-order valence-corrected chi connectivity index (χ2v) is 5.44. The molecular formula is C11H14F3N3OS. The minimum Gasteiger partial charge on any atom is -0.377 e. The van der Waals surface area contributed by atoms with Crippen molar-refractivity contribution in [2.24, 2.45) is 0 Å². The van der Waals surface area contributed by atoms with E-state index in [9.17, 15) is 13.2 Å². The van der Waals surface area contributed by atoms with Gasteiger partial charge in [0.05, 0.1) is 6.10 Å². The summed E-state index contributed by atoms with van der Waals surface area (Å²) in [5, 5.41) is 3.06. The van der Waals surface area contributed by atoms with Gasteiger partial charge in [0.2, 0.25) is 5.82 Å². The molecule has 1 fully saturated rings. The van der Waals surface area contributed by atoms with E-state index in [0.29, 0.717) is 11.6 Å². The number of ether oxygens (including phenoxy) is 1. The predicted molar refractivity (Wildman–Crippen MR) is 66.3 cm³/mol. The Morgan fingerprint density at radius 3 is 2.68 bits per heavy atom. The van der Waals surface area contributed by atoms with Crippen LogP contribution in [-0.2, 0) is 10.9 Å². The first-order valence-electron chi connectivity index (χ1n) is 5.82. The highest BCUT2D eigenvalue weighted by Gasteiger charge is 2.36. The van der Waals surface area contributed by atoms with Gasteiger partial charge in [-0.1, -0.05) is 0 Å². The molecule has 1 aliphatic rings. The van der Waals surface area contributed by atoms with Crippen LogP contribution in [-0.4, -0.2) is 35.0 Å². The smallest absolute Gasteiger partial charge is 0.377 e. The summed E-state index contributed by atoms with van der Waals surface area (Å²) in [7, 11) is 1.53. The number of nitrogens with zero attached hydrogens (tertiary/aromatic N) is 2. The van der Waals surface area contributed by atoms with Crippen LogP contribution in [0.1, 0.15) is 19.2 Å². The van der Waals surface area contributed by atoms with E-state index in [1.54, 1.807) is 0 Å². The molecule has 1 N–H and O–H groups in total. The minimum absolute atomic E-state index is 0.0207. The summed E-state index contributed by atoms with van der Waals surface area (Å²) in [5.74, 6) is -0.954. The quantitative estimate of drug-likeness (QED) is 0.868. The lowest BCUT2D eigenvalue weighted by molar-refractivity contribution is -0.145. The first-order chi connectivity index (χ1) is 8.90. The van der Waals surface area contributed by atoms with Crippen LogP contribution in [0.25, 0.3) is 0 Å². The topological polar surface area (TPSA) is 47.0 Å². The third-order valence-corrected chi connectivity index (χ3v) is 4.16. The van der Waals surface area contributed by atoms with Crippen molar-refractivity contribution in [2.45, 2.75) is 35.9 Å². The summed E-state index contributed by atoms with van der Waals surface area (Å²) in [6.45, 7) is 2.55. The van der Waals surface area contributed by atoms with Gasteiger partial charge in [-0.3, -0.25) is 0 Å². The van der Waals surface area contributed by atoms with Crippen LogP contribution in [0.4, 0.5) is 19.0 Å². The molecule has 2 heterocycles. The van der Waals surface area contributed by atoms with Crippen molar-refractivity contribution < 1.29 is 17.9 Å². The molecule has 0 radical (unpaired) electrons. The van der Waals surface area contributed by atoms with Crippen LogP contribution in [0.15, 0.2) is 11.1 Å². The number of nitrogens with one attached hydrogen (secondary N) is 1. The van der Waals surface area contributed by atoms with Gasteiger partial charge in [-0.25, -0.2) is 9.97 Å². The zero-order valence-electron chi connectivity index (χ0n) is 10.5. The Kier molecular flexibility index (Phi) is 4.19. The van der Waals surface area contributed by atoms with Crippen LogP contribution in [0.2, 0.25) is 0 Å². The molecule has 1 aromatic heterocycles. The second kappa shape index (κ2) is 5.54. The maximum absolute atomic E-state index is 12.7. The third-order valence-electron chi connectivity index (χ3n) is 2.79. The summed E-state index contributed by atoms with van der Waals surface area (Å²) in [4.78, 5) is 7.01. The summed E-state index contributed by atoms with van der Waals surface area (Å²) in [5.41, 5.74) is 0. The van der Waals surface area contributed by atoms with Gasteiger partial charge in [-0.05, 0) is 13.3 Å². The molecule has 8 heteroatoms. The third kappa shape index (κ3) is 3.50. The highest BCUT2D eigenvalue weighted by Crippen LogP contribution is 2.34. The van der Waals surface area contributed by atoms with Gasteiger partial charge < -0.3 is 10.1 Å². The summed E-state index contributed by atoms with van der Waals surface area (Å²) in [6.07, 6.45) is -3.71. The fourth-order valence-corrected chi connectivity index (χ4v) is 2.88. The van der Waals surface area contributed by atoms with Crippen molar-refractivity contribution in [3.05, 3.63) is 11.9 Å². The summed E-state index contributed by atoms with van der Waals surface area (Å²) >= 11 is 1.30. The van der Waals surface area contributed by atoms with Gasteiger partial charge in [-0.2, -0.15) is 13.2 Å². The van der Waals surface area contributed by atoms with E-state index in [1.807, 2.05) is 6.92 Å². The lowest BCUT2D eigenvalue weighted by Crippen LogP contribution is -2.16. The zero-order chi connectivity index (χ0) is 14.0. The van der Waals surface area contributed by atoms with Crippen LogP contribution in [0.5, 0.6) is 0 Å². The van der Waals surface area contributed by atoms with E-state index in [2.05, 4.69) is 15.3 Å². The van der Waals surface area contributed by atoms with Gasteiger partial charge in [0.25, 0.3) is 0 Å². The maximum Gasteiger partial charge on any atom is 0.451 e. The molecule has 4 nitrogen and oxygen atoms in total. The molecule has 2 unspecified atom stereocenters. The van der Waals surface area contributed by atoms with Crippen LogP contribution in [0, 0.1) is 0 Å². The monoisotopic (exact) mass is 293 g/mol. The fraction of sp³-hybridized carbons (Fsp3) is 0.636. The number of thioether (sulfide) groups is 1. The fourth-order valence-electron chi connectivity index (χ4n) is 1.76. The summed E-state index contributed by atoms with van der Waals surface area (Å²) in [6, 6.07) is 1.52. The Balaban J connectivity index is 2.24. The maximum atomic E-state index is 12.7. The number of alkyl halides is 3. The Morgan fingerprint density at radius 1 is 1.42 bits per heavy atom. The average molecular weight is 293 g/mol. The highest BCUT2D eigenvalue weighted by molar-refractivity contribution is 7.99. The van der Waals surface area contributed by atoms with E-state index in [4.69, 9.17) is 4.74 Å². The van der Waals surface area contributed by atoms with Crippen molar-refractivity contribution >= 4 is 17.6 Å². The Morgan fingerprint density at radius 2 is 2.16 bits per heavy atom. The number of rotatable bonds is 3. The van der Waals surface area contributed by atoms with Crippen LogP contribution >= 0.6 is 11.8 Å². The zero-order valence-corrected chi connectivity index (χ0v) is 11.3. The Hall–Kier alpha value is -1.02. The molecule has 0 aromatic carbocycles. The number of hydrogen-bond donors (Lipinski definition) is 1. The Bertz CT molecular complexity index is 455. The van der Waals surface area contributed by atoms with E-state index >= 15 is 0 Å². The average Bonchev–Trinajstić information content (AvgIpc) is 2.73. The molecule has 19 heavy (non-hydrogen) atoms. The molecule has 1 aromatic rings. The van der Waals surface area contributed by atoms with Gasteiger partial charge in [0.1, 0.15) is 10.8 Å². The van der Waals surface area contributed by atoms with Crippen molar-refractivity contribution in [2.75, 3.05) is 19.0 Å². The van der Waals surface area contributed by atoms with Crippen molar-refractivity contribution in [3.8, 4) is 0 Å². The van der Waals surface area contributed by atoms with E-state index < -0.39 is 12.0 Å². The van der Waals surface area contributed by atoms with Gasteiger partial charge in [0.15, 0.2) is 0 Å². The normalized spacial score (nSPS) is 23.6. The molecule has 2 rings (SSSR count). The van der Waals surface area contributed by atoms with Gasteiger partial charge >= 0.3 is 6.18 Å². The molecule has 0 amide bonds. The Labute approximate surface area is 113 Å². The molecule has 1 aliphatic heterocycles. The standard InChI is InChI=1S/C11H14F3N3OS/c1-6-7(3-4-18-6)19-9-5-8(15-2)16-10(17-9)11(12,13)14/h5-7H,3-4H2,1-2H3,(H,15,16,17). The largest absolute Gasteiger partial charge is 0.451 e. The number of hydrogen-bond acceptors (Lipinski definition) is 5. The highest BCUT2D eigenvalue weighted by atomic mass is 32.2.